The normalized spacial score (nSPS) is 17.9. The third kappa shape index (κ3) is 2.42. The van der Waals surface area contributed by atoms with E-state index in [9.17, 15) is 9.90 Å². The molecule has 0 aliphatic carbocycles. The van der Waals surface area contributed by atoms with Crippen molar-refractivity contribution in [3.05, 3.63) is 54.0 Å². The molecule has 1 atom stereocenters. The molecular weight excluding hydrogens is 268 g/mol. The molecule has 21 heavy (non-hydrogen) atoms. The van der Waals surface area contributed by atoms with Gasteiger partial charge in [0, 0.05) is 18.4 Å². The van der Waals surface area contributed by atoms with Crippen LogP contribution in [0.1, 0.15) is 37.1 Å². The molecule has 1 amide bonds. The SMILES string of the molecule is CCC(=O)N1N=C(c2ccccc2O)CC1c1ccco1. The molecule has 1 unspecified atom stereocenters. The lowest BCUT2D eigenvalue weighted by Crippen LogP contribution is -2.25. The van der Waals surface area contributed by atoms with Crippen molar-refractivity contribution in [2.75, 3.05) is 0 Å². The van der Waals surface area contributed by atoms with Gasteiger partial charge in [0.25, 0.3) is 0 Å². The first-order valence-corrected chi connectivity index (χ1v) is 6.92. The maximum Gasteiger partial charge on any atom is 0.243 e. The van der Waals surface area contributed by atoms with Gasteiger partial charge in [0.15, 0.2) is 0 Å². The van der Waals surface area contributed by atoms with Crippen LogP contribution in [0.3, 0.4) is 0 Å². The van der Waals surface area contributed by atoms with Gasteiger partial charge in [0.05, 0.1) is 12.0 Å². The summed E-state index contributed by atoms with van der Waals surface area (Å²) in [6.45, 7) is 1.80. The molecular formula is C16H16N2O3. The highest BCUT2D eigenvalue weighted by Gasteiger charge is 2.34. The van der Waals surface area contributed by atoms with Gasteiger partial charge in [-0.1, -0.05) is 19.1 Å². The van der Waals surface area contributed by atoms with E-state index in [-0.39, 0.29) is 17.7 Å². The number of hydrogen-bond donors (Lipinski definition) is 1. The van der Waals surface area contributed by atoms with Crippen molar-refractivity contribution >= 4 is 11.6 Å². The molecule has 2 heterocycles. The Bertz CT molecular complexity index is 677. The maximum atomic E-state index is 12.1. The first-order valence-electron chi connectivity index (χ1n) is 6.92. The van der Waals surface area contributed by atoms with Crippen molar-refractivity contribution < 1.29 is 14.3 Å². The Kier molecular flexibility index (Phi) is 3.48. The second kappa shape index (κ2) is 5.44. The Balaban J connectivity index is 1.97. The zero-order valence-corrected chi connectivity index (χ0v) is 11.7. The number of carbonyl (C=O) groups is 1. The molecule has 0 saturated carbocycles. The van der Waals surface area contributed by atoms with Gasteiger partial charge in [0.2, 0.25) is 5.91 Å². The van der Waals surface area contributed by atoms with Crippen LogP contribution in [-0.2, 0) is 4.79 Å². The van der Waals surface area contributed by atoms with E-state index in [1.54, 1.807) is 37.5 Å². The number of carbonyl (C=O) groups excluding carboxylic acids is 1. The molecule has 1 aliphatic heterocycles. The molecule has 0 saturated heterocycles. The molecule has 108 valence electrons. The largest absolute Gasteiger partial charge is 0.507 e. The number of hydrazone groups is 1. The highest BCUT2D eigenvalue weighted by molar-refractivity contribution is 6.05. The molecule has 2 aromatic rings. The molecule has 0 radical (unpaired) electrons. The summed E-state index contributed by atoms with van der Waals surface area (Å²) in [4.78, 5) is 12.1. The summed E-state index contributed by atoms with van der Waals surface area (Å²) < 4.78 is 5.43. The summed E-state index contributed by atoms with van der Waals surface area (Å²) in [7, 11) is 0. The summed E-state index contributed by atoms with van der Waals surface area (Å²) in [6, 6.07) is 10.4. The first kappa shape index (κ1) is 13.4. The van der Waals surface area contributed by atoms with Crippen molar-refractivity contribution in [2.45, 2.75) is 25.8 Å². The van der Waals surface area contributed by atoms with E-state index in [1.165, 1.54) is 5.01 Å². The second-order valence-corrected chi connectivity index (χ2v) is 4.89. The summed E-state index contributed by atoms with van der Waals surface area (Å²) in [5.74, 6) is 0.799. The topological polar surface area (TPSA) is 66.0 Å². The Morgan fingerprint density at radius 2 is 2.19 bits per heavy atom. The van der Waals surface area contributed by atoms with Crippen molar-refractivity contribution in [3.63, 3.8) is 0 Å². The molecule has 0 bridgehead atoms. The van der Waals surface area contributed by atoms with E-state index in [0.717, 1.165) is 0 Å². The summed E-state index contributed by atoms with van der Waals surface area (Å²) in [5, 5.41) is 15.8. The van der Waals surface area contributed by atoms with Crippen LogP contribution in [0.5, 0.6) is 5.75 Å². The van der Waals surface area contributed by atoms with E-state index >= 15 is 0 Å². The molecule has 0 spiro atoms. The zero-order chi connectivity index (χ0) is 14.8. The number of benzene rings is 1. The highest BCUT2D eigenvalue weighted by atomic mass is 16.3. The molecule has 1 N–H and O–H groups in total. The summed E-state index contributed by atoms with van der Waals surface area (Å²) in [6.07, 6.45) is 2.48. The number of nitrogens with zero attached hydrogens (tertiary/aromatic N) is 2. The Labute approximate surface area is 122 Å². The predicted molar refractivity (Wildman–Crippen MR) is 77.8 cm³/mol. The van der Waals surface area contributed by atoms with Crippen molar-refractivity contribution in [1.29, 1.82) is 0 Å². The molecule has 5 heteroatoms. The van der Waals surface area contributed by atoms with Gasteiger partial charge in [-0.25, -0.2) is 5.01 Å². The molecule has 1 aliphatic rings. The van der Waals surface area contributed by atoms with Crippen LogP contribution in [0.15, 0.2) is 52.2 Å². The Morgan fingerprint density at radius 1 is 1.38 bits per heavy atom. The fourth-order valence-corrected chi connectivity index (χ4v) is 2.49. The second-order valence-electron chi connectivity index (χ2n) is 4.89. The zero-order valence-electron chi connectivity index (χ0n) is 11.7. The van der Waals surface area contributed by atoms with Crippen LogP contribution in [0.4, 0.5) is 0 Å². The average molecular weight is 284 g/mol. The van der Waals surface area contributed by atoms with Gasteiger partial charge in [0.1, 0.15) is 17.6 Å². The van der Waals surface area contributed by atoms with Crippen LogP contribution in [-0.4, -0.2) is 21.7 Å². The van der Waals surface area contributed by atoms with Crippen LogP contribution in [0.25, 0.3) is 0 Å². The molecule has 3 rings (SSSR count). The van der Waals surface area contributed by atoms with Crippen LogP contribution >= 0.6 is 0 Å². The van der Waals surface area contributed by atoms with Gasteiger partial charge in [-0.05, 0) is 24.3 Å². The quantitative estimate of drug-likeness (QED) is 0.942. The number of hydrogen-bond acceptors (Lipinski definition) is 4. The summed E-state index contributed by atoms with van der Waals surface area (Å²) in [5.41, 5.74) is 1.34. The number of phenols is 1. The van der Waals surface area contributed by atoms with E-state index < -0.39 is 0 Å². The number of phenolic OH excluding ortho intramolecular Hbond substituents is 1. The van der Waals surface area contributed by atoms with Crippen molar-refractivity contribution in [2.24, 2.45) is 5.10 Å². The highest BCUT2D eigenvalue weighted by Crippen LogP contribution is 2.35. The van der Waals surface area contributed by atoms with E-state index in [2.05, 4.69) is 5.10 Å². The molecule has 0 fully saturated rings. The summed E-state index contributed by atoms with van der Waals surface area (Å²) >= 11 is 0. The predicted octanol–water partition coefficient (Wildman–Crippen LogP) is 3.07. The molecule has 5 nitrogen and oxygen atoms in total. The van der Waals surface area contributed by atoms with Gasteiger partial charge < -0.3 is 9.52 Å². The third-order valence-electron chi connectivity index (χ3n) is 3.55. The number of aromatic hydroxyl groups is 1. The minimum absolute atomic E-state index is 0.0678. The Morgan fingerprint density at radius 3 is 2.86 bits per heavy atom. The number of furan rings is 1. The van der Waals surface area contributed by atoms with Crippen LogP contribution in [0.2, 0.25) is 0 Å². The fourth-order valence-electron chi connectivity index (χ4n) is 2.49. The minimum Gasteiger partial charge on any atom is -0.507 e. The average Bonchev–Trinajstić information content (AvgIpc) is 3.15. The first-order chi connectivity index (χ1) is 10.2. The monoisotopic (exact) mass is 284 g/mol. The van der Waals surface area contributed by atoms with Gasteiger partial charge in [-0.2, -0.15) is 5.10 Å². The molecule has 1 aromatic carbocycles. The lowest BCUT2D eigenvalue weighted by atomic mass is 10.0. The third-order valence-corrected chi connectivity index (χ3v) is 3.55. The van der Waals surface area contributed by atoms with Gasteiger partial charge in [-0.15, -0.1) is 0 Å². The van der Waals surface area contributed by atoms with Crippen LogP contribution in [0, 0.1) is 0 Å². The minimum atomic E-state index is -0.248. The fraction of sp³-hybridized carbons (Fsp3) is 0.250. The van der Waals surface area contributed by atoms with Crippen LogP contribution < -0.4 is 0 Å². The lowest BCUT2D eigenvalue weighted by molar-refractivity contribution is -0.133. The van der Waals surface area contributed by atoms with Gasteiger partial charge >= 0.3 is 0 Å². The number of para-hydroxylation sites is 1. The standard InChI is InChI=1S/C16H16N2O3/c1-2-16(20)18-13(15-8-5-9-21-15)10-12(17-18)11-6-3-4-7-14(11)19/h3-9,13,19H,2,10H2,1H3. The van der Waals surface area contributed by atoms with E-state index in [1.807, 2.05) is 12.1 Å². The number of rotatable bonds is 3. The molecule has 1 aromatic heterocycles. The number of amides is 1. The van der Waals surface area contributed by atoms with Gasteiger partial charge in [-0.3, -0.25) is 4.79 Å². The van der Waals surface area contributed by atoms with Crippen molar-refractivity contribution in [1.82, 2.24) is 5.01 Å². The lowest BCUT2D eigenvalue weighted by Gasteiger charge is -2.18. The maximum absolute atomic E-state index is 12.1. The van der Waals surface area contributed by atoms with Crippen molar-refractivity contribution in [3.8, 4) is 5.75 Å². The van der Waals surface area contributed by atoms with E-state index in [0.29, 0.717) is 29.9 Å². The smallest absolute Gasteiger partial charge is 0.243 e. The van der Waals surface area contributed by atoms with E-state index in [4.69, 9.17) is 4.42 Å². The Hall–Kier alpha value is -2.56.